The van der Waals surface area contributed by atoms with E-state index >= 15 is 0 Å². The molecule has 120 valence electrons. The minimum atomic E-state index is -0.200. The molecule has 1 aromatic heterocycles. The summed E-state index contributed by atoms with van der Waals surface area (Å²) in [6, 6.07) is 10.6. The summed E-state index contributed by atoms with van der Waals surface area (Å²) < 4.78 is 14.9. The summed E-state index contributed by atoms with van der Waals surface area (Å²) >= 11 is 0. The van der Waals surface area contributed by atoms with E-state index in [2.05, 4.69) is 20.2 Å². The Labute approximate surface area is 147 Å². The standard InChI is InChI=1S/C16H21FN4.HI/c1-18-16(20-10-13-21-11-2-3-12-21)19-9-8-14-4-6-15(17)7-5-14;/h2-7,11-12H,8-10,13H2,1H3,(H2,18,19,20);1H. The average molecular weight is 416 g/mol. The third kappa shape index (κ3) is 6.46. The van der Waals surface area contributed by atoms with Crippen molar-refractivity contribution in [2.75, 3.05) is 20.1 Å². The highest BCUT2D eigenvalue weighted by molar-refractivity contribution is 14.0. The maximum atomic E-state index is 12.8. The molecule has 0 aliphatic rings. The Balaban J connectivity index is 0.00000242. The van der Waals surface area contributed by atoms with Gasteiger partial charge >= 0.3 is 0 Å². The second-order valence-electron chi connectivity index (χ2n) is 4.72. The molecule has 0 aliphatic heterocycles. The van der Waals surface area contributed by atoms with Gasteiger partial charge in [0.05, 0.1) is 0 Å². The Hall–Kier alpha value is -1.57. The number of guanidine groups is 1. The summed E-state index contributed by atoms with van der Waals surface area (Å²) in [5.41, 5.74) is 1.10. The van der Waals surface area contributed by atoms with E-state index in [4.69, 9.17) is 0 Å². The number of aromatic nitrogens is 1. The highest BCUT2D eigenvalue weighted by atomic mass is 127. The molecule has 22 heavy (non-hydrogen) atoms. The summed E-state index contributed by atoms with van der Waals surface area (Å²) in [6.07, 6.45) is 4.90. The molecule has 1 aromatic carbocycles. The third-order valence-corrected chi connectivity index (χ3v) is 3.17. The van der Waals surface area contributed by atoms with Crippen LogP contribution in [0.3, 0.4) is 0 Å². The van der Waals surface area contributed by atoms with Crippen molar-refractivity contribution < 1.29 is 4.39 Å². The van der Waals surface area contributed by atoms with Crippen molar-refractivity contribution in [3.63, 3.8) is 0 Å². The first-order chi connectivity index (χ1) is 10.3. The Morgan fingerprint density at radius 1 is 1.09 bits per heavy atom. The van der Waals surface area contributed by atoms with Crippen molar-refractivity contribution in [2.45, 2.75) is 13.0 Å². The Morgan fingerprint density at radius 2 is 1.73 bits per heavy atom. The van der Waals surface area contributed by atoms with Gasteiger partial charge in [-0.25, -0.2) is 4.39 Å². The van der Waals surface area contributed by atoms with Crippen molar-refractivity contribution in [3.8, 4) is 0 Å². The summed E-state index contributed by atoms with van der Waals surface area (Å²) in [4.78, 5) is 4.18. The molecule has 2 rings (SSSR count). The van der Waals surface area contributed by atoms with E-state index in [1.807, 2.05) is 24.5 Å². The maximum absolute atomic E-state index is 12.8. The second-order valence-corrected chi connectivity index (χ2v) is 4.72. The minimum absolute atomic E-state index is 0. The minimum Gasteiger partial charge on any atom is -0.356 e. The van der Waals surface area contributed by atoms with Gasteiger partial charge in [-0.15, -0.1) is 24.0 Å². The van der Waals surface area contributed by atoms with Crippen LogP contribution in [0, 0.1) is 5.82 Å². The molecule has 0 fully saturated rings. The molecule has 0 bridgehead atoms. The molecule has 6 heteroatoms. The predicted octanol–water partition coefficient (Wildman–Crippen LogP) is 2.65. The number of nitrogens with zero attached hydrogens (tertiary/aromatic N) is 2. The topological polar surface area (TPSA) is 41.4 Å². The lowest BCUT2D eigenvalue weighted by atomic mass is 10.1. The van der Waals surface area contributed by atoms with Crippen LogP contribution in [-0.4, -0.2) is 30.7 Å². The number of aliphatic imine (C=N–C) groups is 1. The Morgan fingerprint density at radius 3 is 2.36 bits per heavy atom. The number of hydrogen-bond donors (Lipinski definition) is 2. The fourth-order valence-electron chi connectivity index (χ4n) is 2.02. The van der Waals surface area contributed by atoms with Crippen LogP contribution in [0.2, 0.25) is 0 Å². The van der Waals surface area contributed by atoms with Gasteiger partial charge in [0.2, 0.25) is 0 Å². The number of nitrogens with one attached hydrogen (secondary N) is 2. The third-order valence-electron chi connectivity index (χ3n) is 3.17. The van der Waals surface area contributed by atoms with E-state index in [1.165, 1.54) is 12.1 Å². The van der Waals surface area contributed by atoms with E-state index in [0.717, 1.165) is 37.6 Å². The first-order valence-electron chi connectivity index (χ1n) is 7.07. The highest BCUT2D eigenvalue weighted by Crippen LogP contribution is 2.02. The molecule has 0 aliphatic carbocycles. The van der Waals surface area contributed by atoms with E-state index in [0.29, 0.717) is 0 Å². The van der Waals surface area contributed by atoms with Gasteiger partial charge in [0.25, 0.3) is 0 Å². The Bertz CT molecular complexity index is 552. The first kappa shape index (κ1) is 18.5. The summed E-state index contributed by atoms with van der Waals surface area (Å²) in [6.45, 7) is 2.46. The van der Waals surface area contributed by atoms with Gasteiger partial charge in [-0.2, -0.15) is 0 Å². The first-order valence-corrected chi connectivity index (χ1v) is 7.07. The Kier molecular flexibility index (Phi) is 8.57. The van der Waals surface area contributed by atoms with Gasteiger partial charge in [-0.05, 0) is 36.2 Å². The van der Waals surface area contributed by atoms with Gasteiger partial charge in [0.15, 0.2) is 5.96 Å². The van der Waals surface area contributed by atoms with Crippen LogP contribution in [0.4, 0.5) is 4.39 Å². The summed E-state index contributed by atoms with van der Waals surface area (Å²) in [5, 5.41) is 6.51. The molecule has 0 unspecified atom stereocenters. The van der Waals surface area contributed by atoms with E-state index in [9.17, 15) is 4.39 Å². The van der Waals surface area contributed by atoms with Crippen LogP contribution in [0.25, 0.3) is 0 Å². The quantitative estimate of drug-likeness (QED) is 0.432. The van der Waals surface area contributed by atoms with Gasteiger partial charge in [0.1, 0.15) is 5.82 Å². The average Bonchev–Trinajstić information content (AvgIpc) is 3.01. The molecule has 0 atom stereocenters. The van der Waals surface area contributed by atoms with Gasteiger partial charge < -0.3 is 15.2 Å². The molecule has 0 amide bonds. The molecule has 0 spiro atoms. The van der Waals surface area contributed by atoms with Crippen molar-refractivity contribution in [1.82, 2.24) is 15.2 Å². The van der Waals surface area contributed by atoms with Crippen LogP contribution in [0.15, 0.2) is 53.8 Å². The predicted molar refractivity (Wildman–Crippen MR) is 99.3 cm³/mol. The molecule has 2 N–H and O–H groups in total. The molecule has 1 heterocycles. The maximum Gasteiger partial charge on any atom is 0.191 e. The van der Waals surface area contributed by atoms with Crippen molar-refractivity contribution in [2.24, 2.45) is 4.99 Å². The fraction of sp³-hybridized carbons (Fsp3) is 0.312. The number of benzene rings is 1. The monoisotopic (exact) mass is 416 g/mol. The molecular weight excluding hydrogens is 394 g/mol. The van der Waals surface area contributed by atoms with Gasteiger partial charge in [0, 0.05) is 39.1 Å². The zero-order chi connectivity index (χ0) is 14.9. The smallest absolute Gasteiger partial charge is 0.191 e. The van der Waals surface area contributed by atoms with Gasteiger partial charge in [-0.3, -0.25) is 4.99 Å². The number of hydrogen-bond acceptors (Lipinski definition) is 1. The van der Waals surface area contributed by atoms with Crippen molar-refractivity contribution in [1.29, 1.82) is 0 Å². The summed E-state index contributed by atoms with van der Waals surface area (Å²) in [5.74, 6) is 0.582. The zero-order valence-corrected chi connectivity index (χ0v) is 15.0. The molecule has 0 saturated heterocycles. The summed E-state index contributed by atoms with van der Waals surface area (Å²) in [7, 11) is 1.75. The number of halogens is 2. The van der Waals surface area contributed by atoms with Crippen molar-refractivity contribution >= 4 is 29.9 Å². The normalized spacial score (nSPS) is 10.9. The van der Waals surface area contributed by atoms with E-state index in [-0.39, 0.29) is 29.8 Å². The van der Waals surface area contributed by atoms with E-state index in [1.54, 1.807) is 19.2 Å². The van der Waals surface area contributed by atoms with Crippen LogP contribution >= 0.6 is 24.0 Å². The lowest BCUT2D eigenvalue weighted by Crippen LogP contribution is -2.39. The molecule has 4 nitrogen and oxygen atoms in total. The SMILES string of the molecule is CN=C(NCCc1ccc(F)cc1)NCCn1cccc1.I. The van der Waals surface area contributed by atoms with Crippen LogP contribution < -0.4 is 10.6 Å². The zero-order valence-electron chi connectivity index (χ0n) is 12.6. The van der Waals surface area contributed by atoms with E-state index < -0.39 is 0 Å². The van der Waals surface area contributed by atoms with Gasteiger partial charge in [-0.1, -0.05) is 12.1 Å². The van der Waals surface area contributed by atoms with Crippen LogP contribution in [-0.2, 0) is 13.0 Å². The van der Waals surface area contributed by atoms with Crippen LogP contribution in [0.5, 0.6) is 0 Å². The molecule has 2 aromatic rings. The lowest BCUT2D eigenvalue weighted by molar-refractivity contribution is 0.626. The van der Waals surface area contributed by atoms with Crippen LogP contribution in [0.1, 0.15) is 5.56 Å². The highest BCUT2D eigenvalue weighted by Gasteiger charge is 1.98. The molecular formula is C16H22FIN4. The molecule has 0 radical (unpaired) electrons. The molecule has 0 saturated carbocycles. The number of rotatable bonds is 6. The fourth-order valence-corrected chi connectivity index (χ4v) is 2.02. The largest absolute Gasteiger partial charge is 0.356 e. The lowest BCUT2D eigenvalue weighted by Gasteiger charge is -2.12. The second kappa shape index (κ2) is 10.2. The van der Waals surface area contributed by atoms with Crippen molar-refractivity contribution in [3.05, 3.63) is 60.2 Å².